The van der Waals surface area contributed by atoms with Gasteiger partial charge in [0, 0.05) is 35.3 Å². The summed E-state index contributed by atoms with van der Waals surface area (Å²) in [6.07, 6.45) is 2.90. The van der Waals surface area contributed by atoms with Gasteiger partial charge in [-0.3, -0.25) is 10.1 Å². The second kappa shape index (κ2) is 6.41. The molecule has 3 rings (SSSR count). The fourth-order valence-electron chi connectivity index (χ4n) is 2.62. The van der Waals surface area contributed by atoms with Gasteiger partial charge in [-0.05, 0) is 24.6 Å². The lowest BCUT2D eigenvalue weighted by Crippen LogP contribution is -2.17. The topological polar surface area (TPSA) is 71.0 Å². The molecule has 0 aliphatic rings. The monoisotopic (exact) mass is 295 g/mol. The van der Waals surface area contributed by atoms with Gasteiger partial charge in [0.15, 0.2) is 0 Å². The lowest BCUT2D eigenvalue weighted by Gasteiger charge is -2.05. The summed E-state index contributed by atoms with van der Waals surface area (Å²) in [5, 5.41) is 15.5. The zero-order valence-electron chi connectivity index (χ0n) is 12.1. The highest BCUT2D eigenvalue weighted by molar-refractivity contribution is 5.83. The van der Waals surface area contributed by atoms with Crippen molar-refractivity contribution in [3.05, 3.63) is 76.0 Å². The van der Waals surface area contributed by atoms with E-state index in [4.69, 9.17) is 0 Å². The number of para-hydroxylation sites is 2. The van der Waals surface area contributed by atoms with Gasteiger partial charge in [0.1, 0.15) is 0 Å². The summed E-state index contributed by atoms with van der Waals surface area (Å²) in [5.41, 5.74) is 3.27. The smallest absolute Gasteiger partial charge is 0.273 e. The molecule has 0 saturated heterocycles. The van der Waals surface area contributed by atoms with Gasteiger partial charge in [0.2, 0.25) is 0 Å². The minimum atomic E-state index is -0.337. The van der Waals surface area contributed by atoms with Crippen LogP contribution in [-0.4, -0.2) is 16.5 Å². The number of nitrogens with zero attached hydrogens (tertiary/aromatic N) is 1. The Balaban J connectivity index is 1.59. The first kappa shape index (κ1) is 14.3. The first-order valence-electron chi connectivity index (χ1n) is 7.24. The third-order valence-corrected chi connectivity index (χ3v) is 3.75. The standard InChI is InChI=1S/C17H17N3O2/c21-20(22)17-8-4-1-5-14(17)11-18-10-9-13-12-19-16-7-3-2-6-15(13)16/h1-8,12,18-19H,9-11H2. The summed E-state index contributed by atoms with van der Waals surface area (Å²) < 4.78 is 0. The Morgan fingerprint density at radius 3 is 2.68 bits per heavy atom. The van der Waals surface area contributed by atoms with Crippen LogP contribution in [0.5, 0.6) is 0 Å². The Bertz CT molecular complexity index is 795. The zero-order chi connectivity index (χ0) is 15.4. The van der Waals surface area contributed by atoms with E-state index < -0.39 is 0 Å². The molecule has 0 aliphatic heterocycles. The van der Waals surface area contributed by atoms with Gasteiger partial charge in [0.05, 0.1) is 4.92 Å². The summed E-state index contributed by atoms with van der Waals surface area (Å²) in [6, 6.07) is 15.0. The normalized spacial score (nSPS) is 10.9. The van der Waals surface area contributed by atoms with Crippen LogP contribution in [0, 0.1) is 10.1 Å². The van der Waals surface area contributed by atoms with Crippen molar-refractivity contribution in [1.29, 1.82) is 0 Å². The maximum absolute atomic E-state index is 11.0. The molecule has 0 bridgehead atoms. The molecule has 3 aromatic rings. The molecule has 0 unspecified atom stereocenters. The van der Waals surface area contributed by atoms with Crippen LogP contribution in [0.15, 0.2) is 54.7 Å². The van der Waals surface area contributed by atoms with E-state index in [1.54, 1.807) is 12.1 Å². The van der Waals surface area contributed by atoms with Crippen molar-refractivity contribution < 1.29 is 4.92 Å². The molecule has 2 aromatic carbocycles. The Hall–Kier alpha value is -2.66. The van der Waals surface area contributed by atoms with Crippen LogP contribution in [0.1, 0.15) is 11.1 Å². The number of hydrogen-bond donors (Lipinski definition) is 2. The Morgan fingerprint density at radius 2 is 1.82 bits per heavy atom. The molecule has 0 saturated carbocycles. The molecule has 5 nitrogen and oxygen atoms in total. The van der Waals surface area contributed by atoms with Gasteiger partial charge >= 0.3 is 0 Å². The summed E-state index contributed by atoms with van der Waals surface area (Å²) in [5.74, 6) is 0. The molecule has 0 fully saturated rings. The molecule has 0 radical (unpaired) electrons. The molecule has 0 amide bonds. The van der Waals surface area contributed by atoms with Crippen molar-refractivity contribution in [3.8, 4) is 0 Å². The van der Waals surface area contributed by atoms with E-state index in [1.165, 1.54) is 17.0 Å². The van der Waals surface area contributed by atoms with Crippen molar-refractivity contribution in [2.45, 2.75) is 13.0 Å². The molecule has 1 heterocycles. The van der Waals surface area contributed by atoms with E-state index >= 15 is 0 Å². The number of aromatic nitrogens is 1. The fourth-order valence-corrected chi connectivity index (χ4v) is 2.62. The van der Waals surface area contributed by atoms with Crippen LogP contribution in [-0.2, 0) is 13.0 Å². The molecule has 0 atom stereocenters. The van der Waals surface area contributed by atoms with Crippen molar-refractivity contribution in [3.63, 3.8) is 0 Å². The van der Waals surface area contributed by atoms with E-state index in [0.717, 1.165) is 18.5 Å². The van der Waals surface area contributed by atoms with Gasteiger partial charge in [-0.25, -0.2) is 0 Å². The van der Waals surface area contributed by atoms with E-state index in [9.17, 15) is 10.1 Å². The van der Waals surface area contributed by atoms with Gasteiger partial charge in [-0.15, -0.1) is 0 Å². The zero-order valence-corrected chi connectivity index (χ0v) is 12.1. The molecule has 0 aliphatic carbocycles. The maximum Gasteiger partial charge on any atom is 0.273 e. The van der Waals surface area contributed by atoms with Crippen LogP contribution in [0.3, 0.4) is 0 Å². The minimum absolute atomic E-state index is 0.169. The molecule has 2 N–H and O–H groups in total. The number of hydrogen-bond acceptors (Lipinski definition) is 3. The molecule has 0 spiro atoms. The maximum atomic E-state index is 11.0. The first-order chi connectivity index (χ1) is 10.8. The Morgan fingerprint density at radius 1 is 1.05 bits per heavy atom. The SMILES string of the molecule is O=[N+]([O-])c1ccccc1CNCCc1c[nH]c2ccccc12. The van der Waals surface area contributed by atoms with Gasteiger partial charge in [0.25, 0.3) is 5.69 Å². The number of benzene rings is 2. The Labute approximate surface area is 128 Å². The largest absolute Gasteiger partial charge is 0.361 e. The fraction of sp³-hybridized carbons (Fsp3) is 0.176. The molecule has 112 valence electrons. The van der Waals surface area contributed by atoms with Crippen LogP contribution >= 0.6 is 0 Å². The van der Waals surface area contributed by atoms with E-state index in [-0.39, 0.29) is 10.6 Å². The van der Waals surface area contributed by atoms with Crippen LogP contribution in [0.4, 0.5) is 5.69 Å². The molecule has 22 heavy (non-hydrogen) atoms. The highest BCUT2D eigenvalue weighted by Crippen LogP contribution is 2.19. The minimum Gasteiger partial charge on any atom is -0.361 e. The average Bonchev–Trinajstić information content (AvgIpc) is 2.95. The highest BCUT2D eigenvalue weighted by Gasteiger charge is 2.11. The van der Waals surface area contributed by atoms with E-state index in [1.807, 2.05) is 24.4 Å². The van der Waals surface area contributed by atoms with Gasteiger partial charge in [-0.1, -0.05) is 36.4 Å². The number of rotatable bonds is 6. The highest BCUT2D eigenvalue weighted by atomic mass is 16.6. The average molecular weight is 295 g/mol. The third-order valence-electron chi connectivity index (χ3n) is 3.75. The lowest BCUT2D eigenvalue weighted by molar-refractivity contribution is -0.385. The number of nitro benzene ring substituents is 1. The summed E-state index contributed by atoms with van der Waals surface area (Å²) in [4.78, 5) is 13.9. The summed E-state index contributed by atoms with van der Waals surface area (Å²) in [6.45, 7) is 1.27. The number of fused-ring (bicyclic) bond motifs is 1. The van der Waals surface area contributed by atoms with Crippen molar-refractivity contribution in [1.82, 2.24) is 10.3 Å². The quantitative estimate of drug-likeness (QED) is 0.416. The molecule has 1 aromatic heterocycles. The molecule has 5 heteroatoms. The first-order valence-corrected chi connectivity index (χ1v) is 7.24. The van der Waals surface area contributed by atoms with Gasteiger partial charge < -0.3 is 10.3 Å². The Kier molecular flexibility index (Phi) is 4.16. The second-order valence-electron chi connectivity index (χ2n) is 5.17. The predicted octanol–water partition coefficient (Wildman–Crippen LogP) is 3.41. The predicted molar refractivity (Wildman–Crippen MR) is 86.8 cm³/mol. The number of nitrogens with one attached hydrogen (secondary N) is 2. The van der Waals surface area contributed by atoms with Crippen molar-refractivity contribution in [2.75, 3.05) is 6.54 Å². The lowest BCUT2D eigenvalue weighted by atomic mass is 10.1. The molecular weight excluding hydrogens is 278 g/mol. The van der Waals surface area contributed by atoms with Crippen molar-refractivity contribution in [2.24, 2.45) is 0 Å². The van der Waals surface area contributed by atoms with E-state index in [0.29, 0.717) is 12.1 Å². The van der Waals surface area contributed by atoms with Gasteiger partial charge in [-0.2, -0.15) is 0 Å². The number of nitro groups is 1. The van der Waals surface area contributed by atoms with Crippen molar-refractivity contribution >= 4 is 16.6 Å². The number of aromatic amines is 1. The second-order valence-corrected chi connectivity index (χ2v) is 5.17. The third kappa shape index (κ3) is 2.99. The van der Waals surface area contributed by atoms with Crippen LogP contribution in [0.25, 0.3) is 10.9 Å². The summed E-state index contributed by atoms with van der Waals surface area (Å²) in [7, 11) is 0. The molecular formula is C17H17N3O2. The van der Waals surface area contributed by atoms with Crippen LogP contribution in [0.2, 0.25) is 0 Å². The van der Waals surface area contributed by atoms with E-state index in [2.05, 4.69) is 22.4 Å². The number of H-pyrrole nitrogens is 1. The van der Waals surface area contributed by atoms with Crippen LogP contribution < -0.4 is 5.32 Å². The summed E-state index contributed by atoms with van der Waals surface area (Å²) >= 11 is 0.